The molecule has 9 nitrogen and oxygen atoms in total. The molecule has 9 heteroatoms. The minimum absolute atomic E-state index is 0.0784. The molecule has 0 aliphatic carbocycles. The maximum Gasteiger partial charge on any atom is 0.326 e. The minimum Gasteiger partial charge on any atom is -0.480 e. The molecule has 146 valence electrons. The van der Waals surface area contributed by atoms with Crippen molar-refractivity contribution in [3.63, 3.8) is 0 Å². The lowest BCUT2D eigenvalue weighted by atomic mass is 9.90. The number of piperidine rings is 1. The Morgan fingerprint density at radius 2 is 2.11 bits per heavy atom. The first-order valence-electron chi connectivity index (χ1n) is 9.11. The number of likely N-dealkylation sites (tertiary alicyclic amines) is 1. The van der Waals surface area contributed by atoms with E-state index in [0.717, 1.165) is 16.8 Å². The van der Waals surface area contributed by atoms with Crippen LogP contribution in [0.2, 0.25) is 0 Å². The van der Waals surface area contributed by atoms with Crippen LogP contribution in [0.4, 0.5) is 5.82 Å². The molecule has 4 rings (SSSR count). The molecule has 2 atom stereocenters. The number of nitrogens with zero attached hydrogens (tertiary/aromatic N) is 5. The van der Waals surface area contributed by atoms with Crippen molar-refractivity contribution in [2.24, 2.45) is 7.05 Å². The third-order valence-corrected chi connectivity index (χ3v) is 5.35. The van der Waals surface area contributed by atoms with Gasteiger partial charge in [0.25, 0.3) is 0 Å². The van der Waals surface area contributed by atoms with Crippen LogP contribution >= 0.6 is 0 Å². The van der Waals surface area contributed by atoms with Gasteiger partial charge in [0.15, 0.2) is 5.65 Å². The summed E-state index contributed by atoms with van der Waals surface area (Å²) in [4.78, 5) is 29.6. The van der Waals surface area contributed by atoms with Gasteiger partial charge in [0.05, 0.1) is 11.9 Å². The van der Waals surface area contributed by atoms with Crippen molar-refractivity contribution in [1.82, 2.24) is 24.1 Å². The molecular formula is C19H22N6O3. The van der Waals surface area contributed by atoms with E-state index < -0.39 is 12.0 Å². The smallest absolute Gasteiger partial charge is 0.326 e. The van der Waals surface area contributed by atoms with E-state index in [4.69, 9.17) is 10.7 Å². The van der Waals surface area contributed by atoms with Crippen LogP contribution in [0.1, 0.15) is 31.4 Å². The summed E-state index contributed by atoms with van der Waals surface area (Å²) in [5, 5.41) is 13.7. The number of carboxylic acids is 1. The molecule has 0 saturated carbocycles. The zero-order valence-electron chi connectivity index (χ0n) is 15.7. The molecule has 1 amide bonds. The second-order valence-corrected chi connectivity index (χ2v) is 7.26. The molecule has 2 unspecified atom stereocenters. The van der Waals surface area contributed by atoms with E-state index in [0.29, 0.717) is 30.9 Å². The van der Waals surface area contributed by atoms with Crippen molar-refractivity contribution in [1.29, 1.82) is 0 Å². The van der Waals surface area contributed by atoms with Gasteiger partial charge in [-0.1, -0.05) is 0 Å². The van der Waals surface area contributed by atoms with Crippen LogP contribution in [-0.4, -0.2) is 53.6 Å². The number of aryl methyl sites for hydroxylation is 1. The Balaban J connectivity index is 1.73. The van der Waals surface area contributed by atoms with Gasteiger partial charge in [-0.25, -0.2) is 9.78 Å². The third-order valence-electron chi connectivity index (χ3n) is 5.35. The average molecular weight is 382 g/mol. The van der Waals surface area contributed by atoms with Crippen LogP contribution in [0.25, 0.3) is 16.8 Å². The lowest BCUT2D eigenvalue weighted by Gasteiger charge is -2.36. The standard InChI is InChI=1S/C19H22N6O3/c1-11(26)24-10-13(3-4-16(24)19(27)28)15-7-17(20)25-18(22-15)14(8-21-25)12-5-6-23(2)9-12/h5-9,13,16H,3-4,10,20H2,1-2H3,(H,27,28). The SMILES string of the molecule is CC(=O)N1CC(c2cc(N)n3ncc(-c4ccn(C)c4)c3n2)CCC1C(=O)O. The second-order valence-electron chi connectivity index (χ2n) is 7.26. The number of carbonyl (C=O) groups is 2. The van der Waals surface area contributed by atoms with Crippen molar-refractivity contribution in [3.8, 4) is 11.1 Å². The summed E-state index contributed by atoms with van der Waals surface area (Å²) in [7, 11) is 1.94. The summed E-state index contributed by atoms with van der Waals surface area (Å²) in [6.07, 6.45) is 6.68. The molecule has 0 bridgehead atoms. The van der Waals surface area contributed by atoms with E-state index in [1.165, 1.54) is 11.8 Å². The highest BCUT2D eigenvalue weighted by molar-refractivity contribution is 5.82. The highest BCUT2D eigenvalue weighted by Gasteiger charge is 2.35. The fraction of sp³-hybridized carbons (Fsp3) is 0.368. The maximum absolute atomic E-state index is 12.0. The van der Waals surface area contributed by atoms with E-state index in [-0.39, 0.29) is 11.8 Å². The van der Waals surface area contributed by atoms with E-state index in [1.54, 1.807) is 16.8 Å². The first-order valence-corrected chi connectivity index (χ1v) is 9.11. The molecule has 0 spiro atoms. The Labute approximate surface area is 161 Å². The van der Waals surface area contributed by atoms with Crippen molar-refractivity contribution in [2.45, 2.75) is 31.7 Å². The normalized spacial score (nSPS) is 19.9. The highest BCUT2D eigenvalue weighted by atomic mass is 16.4. The van der Waals surface area contributed by atoms with E-state index in [9.17, 15) is 14.7 Å². The molecule has 3 aromatic heterocycles. The molecule has 0 radical (unpaired) electrons. The van der Waals surface area contributed by atoms with Gasteiger partial charge in [0, 0.05) is 56.0 Å². The number of anilines is 1. The Kier molecular flexibility index (Phi) is 4.29. The number of hydrogen-bond donors (Lipinski definition) is 2. The van der Waals surface area contributed by atoms with E-state index in [1.807, 2.05) is 30.1 Å². The van der Waals surface area contributed by atoms with Crippen molar-refractivity contribution in [3.05, 3.63) is 36.4 Å². The van der Waals surface area contributed by atoms with E-state index >= 15 is 0 Å². The third kappa shape index (κ3) is 2.98. The van der Waals surface area contributed by atoms with Crippen LogP contribution in [0, 0.1) is 0 Å². The predicted molar refractivity (Wildman–Crippen MR) is 103 cm³/mol. The number of nitrogen functional groups attached to an aromatic ring is 1. The molecule has 1 aliphatic rings. The number of aromatic nitrogens is 4. The Morgan fingerprint density at radius 1 is 1.32 bits per heavy atom. The van der Waals surface area contributed by atoms with Gasteiger partial charge in [-0.3, -0.25) is 4.79 Å². The summed E-state index contributed by atoms with van der Waals surface area (Å²) in [5.74, 6) is -0.846. The number of amides is 1. The largest absolute Gasteiger partial charge is 0.480 e. The van der Waals surface area contributed by atoms with Crippen LogP contribution in [0.3, 0.4) is 0 Å². The van der Waals surface area contributed by atoms with Gasteiger partial charge >= 0.3 is 5.97 Å². The first-order chi connectivity index (χ1) is 13.3. The topological polar surface area (TPSA) is 119 Å². The van der Waals surface area contributed by atoms with Gasteiger partial charge < -0.3 is 20.3 Å². The summed E-state index contributed by atoms with van der Waals surface area (Å²) >= 11 is 0. The van der Waals surface area contributed by atoms with Gasteiger partial charge in [0.2, 0.25) is 5.91 Å². The van der Waals surface area contributed by atoms with Crippen LogP contribution < -0.4 is 5.73 Å². The fourth-order valence-electron chi connectivity index (χ4n) is 3.90. The summed E-state index contributed by atoms with van der Waals surface area (Å²) in [6.45, 7) is 1.71. The van der Waals surface area contributed by atoms with E-state index in [2.05, 4.69) is 5.10 Å². The molecule has 3 aromatic rings. The Bertz CT molecular complexity index is 1070. The number of hydrogen-bond acceptors (Lipinski definition) is 5. The zero-order valence-corrected chi connectivity index (χ0v) is 15.7. The zero-order chi connectivity index (χ0) is 20.0. The fourth-order valence-corrected chi connectivity index (χ4v) is 3.90. The monoisotopic (exact) mass is 382 g/mol. The molecule has 3 N–H and O–H groups in total. The number of aliphatic carboxylic acids is 1. The lowest BCUT2D eigenvalue weighted by molar-refractivity contribution is -0.151. The minimum atomic E-state index is -0.973. The molecule has 1 saturated heterocycles. The number of fused-ring (bicyclic) bond motifs is 1. The first kappa shape index (κ1) is 18.0. The number of rotatable bonds is 3. The van der Waals surface area contributed by atoms with Crippen LogP contribution in [0.15, 0.2) is 30.7 Å². The number of carboxylic acid groups (broad SMARTS) is 1. The van der Waals surface area contributed by atoms with Crippen LogP contribution in [0.5, 0.6) is 0 Å². The number of carbonyl (C=O) groups excluding carboxylic acids is 1. The summed E-state index contributed by atoms with van der Waals surface area (Å²) in [6, 6.07) is 2.96. The van der Waals surface area contributed by atoms with Crippen molar-refractivity contribution < 1.29 is 14.7 Å². The maximum atomic E-state index is 12.0. The molecule has 28 heavy (non-hydrogen) atoms. The molecule has 1 fully saturated rings. The second kappa shape index (κ2) is 6.66. The Hall–Kier alpha value is -3.36. The predicted octanol–water partition coefficient (Wildman–Crippen LogP) is 1.50. The molecular weight excluding hydrogens is 360 g/mol. The van der Waals surface area contributed by atoms with Gasteiger partial charge in [-0.2, -0.15) is 9.61 Å². The van der Waals surface area contributed by atoms with Gasteiger partial charge in [-0.05, 0) is 18.9 Å². The molecule has 0 aromatic carbocycles. The summed E-state index contributed by atoms with van der Waals surface area (Å²) < 4.78 is 3.54. The highest BCUT2D eigenvalue weighted by Crippen LogP contribution is 2.32. The van der Waals surface area contributed by atoms with Gasteiger partial charge in [0.1, 0.15) is 11.9 Å². The molecule has 1 aliphatic heterocycles. The van der Waals surface area contributed by atoms with Crippen molar-refractivity contribution >= 4 is 23.3 Å². The van der Waals surface area contributed by atoms with Crippen LogP contribution in [-0.2, 0) is 16.6 Å². The lowest BCUT2D eigenvalue weighted by Crippen LogP contribution is -2.49. The Morgan fingerprint density at radius 3 is 2.75 bits per heavy atom. The van der Waals surface area contributed by atoms with Gasteiger partial charge in [-0.15, -0.1) is 0 Å². The average Bonchev–Trinajstić information content (AvgIpc) is 3.27. The van der Waals surface area contributed by atoms with Crippen molar-refractivity contribution in [2.75, 3.05) is 12.3 Å². The molecule has 4 heterocycles. The number of nitrogens with two attached hydrogens (primary N) is 1. The summed E-state index contributed by atoms with van der Waals surface area (Å²) in [5.41, 5.74) is 9.47. The quantitative estimate of drug-likeness (QED) is 0.708.